The number of sulfonamides is 1. The van der Waals surface area contributed by atoms with E-state index in [-0.39, 0.29) is 5.41 Å². The van der Waals surface area contributed by atoms with Gasteiger partial charge in [0.05, 0.1) is 4.75 Å². The number of rotatable bonds is 1. The summed E-state index contributed by atoms with van der Waals surface area (Å²) in [6.07, 6.45) is 1.44. The van der Waals surface area contributed by atoms with Gasteiger partial charge in [-0.25, -0.2) is 13.6 Å². The van der Waals surface area contributed by atoms with Crippen LogP contribution < -0.4 is 5.14 Å². The summed E-state index contributed by atoms with van der Waals surface area (Å²) >= 11 is 0. The van der Waals surface area contributed by atoms with Crippen molar-refractivity contribution in [2.75, 3.05) is 0 Å². The molecule has 2 N–H and O–H groups in total. The van der Waals surface area contributed by atoms with Gasteiger partial charge in [-0.3, -0.25) is 0 Å². The monoisotopic (exact) mass is 177 g/mol. The molecule has 1 aliphatic carbocycles. The van der Waals surface area contributed by atoms with E-state index in [1.54, 1.807) is 0 Å². The SMILES string of the molecule is CC(C)(C)C1(S(N)(=O)=O)CC1. The summed E-state index contributed by atoms with van der Waals surface area (Å²) in [5.74, 6) is 0. The quantitative estimate of drug-likeness (QED) is 0.645. The average molecular weight is 177 g/mol. The largest absolute Gasteiger partial charge is 0.228 e. The van der Waals surface area contributed by atoms with Gasteiger partial charge in [-0.1, -0.05) is 20.8 Å². The molecule has 0 spiro atoms. The Morgan fingerprint density at radius 2 is 1.64 bits per heavy atom. The predicted octanol–water partition coefficient (Wildman–Crippen LogP) is 0.854. The molecule has 0 unspecified atom stereocenters. The molecule has 1 rings (SSSR count). The first-order chi connectivity index (χ1) is 4.71. The fraction of sp³-hybridized carbons (Fsp3) is 1.00. The van der Waals surface area contributed by atoms with E-state index < -0.39 is 14.8 Å². The molecule has 0 saturated heterocycles. The van der Waals surface area contributed by atoms with Gasteiger partial charge in [0.15, 0.2) is 0 Å². The highest BCUT2D eigenvalue weighted by atomic mass is 32.2. The Labute approximate surface area is 68.0 Å². The predicted molar refractivity (Wildman–Crippen MR) is 44.5 cm³/mol. The minimum atomic E-state index is -3.35. The third kappa shape index (κ3) is 1.18. The lowest BCUT2D eigenvalue weighted by Crippen LogP contribution is -2.41. The van der Waals surface area contributed by atoms with Crippen LogP contribution in [0, 0.1) is 5.41 Å². The lowest BCUT2D eigenvalue weighted by atomic mass is 9.90. The molecular weight excluding hydrogens is 162 g/mol. The third-order valence-electron chi connectivity index (χ3n) is 2.62. The maximum atomic E-state index is 11.1. The van der Waals surface area contributed by atoms with Crippen LogP contribution in [0.1, 0.15) is 33.6 Å². The molecule has 0 heterocycles. The number of primary sulfonamides is 1. The van der Waals surface area contributed by atoms with Gasteiger partial charge < -0.3 is 0 Å². The molecular formula is C7H15NO2S. The highest BCUT2D eigenvalue weighted by molar-refractivity contribution is 7.90. The zero-order valence-electron chi connectivity index (χ0n) is 7.22. The summed E-state index contributed by atoms with van der Waals surface area (Å²) in [4.78, 5) is 0. The van der Waals surface area contributed by atoms with Gasteiger partial charge in [0.25, 0.3) is 0 Å². The third-order valence-corrected chi connectivity index (χ3v) is 4.73. The van der Waals surface area contributed by atoms with Gasteiger partial charge in [0.1, 0.15) is 0 Å². The van der Waals surface area contributed by atoms with E-state index in [1.807, 2.05) is 20.8 Å². The minimum absolute atomic E-state index is 0.222. The van der Waals surface area contributed by atoms with Crippen molar-refractivity contribution in [3.63, 3.8) is 0 Å². The van der Waals surface area contributed by atoms with Gasteiger partial charge in [-0.2, -0.15) is 0 Å². The van der Waals surface area contributed by atoms with Crippen LogP contribution in [0.15, 0.2) is 0 Å². The van der Waals surface area contributed by atoms with Crippen LogP contribution in [-0.4, -0.2) is 13.2 Å². The molecule has 0 aliphatic heterocycles. The van der Waals surface area contributed by atoms with Crippen LogP contribution >= 0.6 is 0 Å². The summed E-state index contributed by atoms with van der Waals surface area (Å²) in [6, 6.07) is 0. The van der Waals surface area contributed by atoms with E-state index in [1.165, 1.54) is 0 Å². The topological polar surface area (TPSA) is 60.2 Å². The molecule has 1 fully saturated rings. The molecule has 0 radical (unpaired) electrons. The number of hydrogen-bond acceptors (Lipinski definition) is 2. The Morgan fingerprint density at radius 1 is 1.27 bits per heavy atom. The van der Waals surface area contributed by atoms with Crippen molar-refractivity contribution in [1.29, 1.82) is 0 Å². The maximum Gasteiger partial charge on any atom is 0.215 e. The first-order valence-electron chi connectivity index (χ1n) is 3.73. The zero-order valence-corrected chi connectivity index (χ0v) is 8.03. The van der Waals surface area contributed by atoms with Gasteiger partial charge >= 0.3 is 0 Å². The molecule has 0 atom stereocenters. The fourth-order valence-electron chi connectivity index (χ4n) is 1.57. The second-order valence-electron chi connectivity index (χ2n) is 4.29. The lowest BCUT2D eigenvalue weighted by molar-refractivity contribution is 0.362. The molecule has 0 amide bonds. The van der Waals surface area contributed by atoms with Crippen molar-refractivity contribution in [3.05, 3.63) is 0 Å². The van der Waals surface area contributed by atoms with Gasteiger partial charge in [-0.05, 0) is 18.3 Å². The molecule has 11 heavy (non-hydrogen) atoms. The molecule has 0 aromatic carbocycles. The Kier molecular flexibility index (Phi) is 1.62. The molecule has 0 aromatic rings. The number of hydrogen-bond donors (Lipinski definition) is 1. The van der Waals surface area contributed by atoms with E-state index in [9.17, 15) is 8.42 Å². The average Bonchev–Trinajstić information content (AvgIpc) is 2.31. The zero-order chi connectivity index (χ0) is 8.91. The Morgan fingerprint density at radius 3 is 1.64 bits per heavy atom. The Balaban J connectivity index is 3.05. The van der Waals surface area contributed by atoms with Crippen molar-refractivity contribution < 1.29 is 8.42 Å². The van der Waals surface area contributed by atoms with E-state index in [2.05, 4.69) is 0 Å². The van der Waals surface area contributed by atoms with E-state index in [0.29, 0.717) is 0 Å². The van der Waals surface area contributed by atoms with Crippen LogP contribution in [0.3, 0.4) is 0 Å². The van der Waals surface area contributed by atoms with Crippen LogP contribution in [0.25, 0.3) is 0 Å². The fourth-order valence-corrected chi connectivity index (χ4v) is 3.10. The van der Waals surface area contributed by atoms with E-state index in [0.717, 1.165) is 12.8 Å². The summed E-state index contributed by atoms with van der Waals surface area (Å²) < 4.78 is 21.7. The van der Waals surface area contributed by atoms with Crippen LogP contribution in [0.5, 0.6) is 0 Å². The standard InChI is InChI=1S/C7H15NO2S/c1-6(2,3)7(4-5-7)11(8,9)10/h4-5H2,1-3H3,(H2,8,9,10). The second kappa shape index (κ2) is 1.98. The molecule has 0 bridgehead atoms. The maximum absolute atomic E-state index is 11.1. The first kappa shape index (κ1) is 9.00. The van der Waals surface area contributed by atoms with Crippen LogP contribution in [0.4, 0.5) is 0 Å². The second-order valence-corrected chi connectivity index (χ2v) is 6.16. The molecule has 3 nitrogen and oxygen atoms in total. The molecule has 66 valence electrons. The van der Waals surface area contributed by atoms with Crippen molar-refractivity contribution in [2.24, 2.45) is 10.6 Å². The Hall–Kier alpha value is -0.0900. The molecule has 4 heteroatoms. The van der Waals surface area contributed by atoms with E-state index >= 15 is 0 Å². The highest BCUT2D eigenvalue weighted by Crippen LogP contribution is 2.54. The van der Waals surface area contributed by atoms with Crippen molar-refractivity contribution in [1.82, 2.24) is 0 Å². The summed E-state index contributed by atoms with van der Waals surface area (Å²) in [6.45, 7) is 5.76. The van der Waals surface area contributed by atoms with Gasteiger partial charge in [0.2, 0.25) is 10.0 Å². The molecule has 0 aromatic heterocycles. The molecule has 1 aliphatic rings. The smallest absolute Gasteiger partial charge is 0.215 e. The first-order valence-corrected chi connectivity index (χ1v) is 5.28. The van der Waals surface area contributed by atoms with Crippen LogP contribution in [-0.2, 0) is 10.0 Å². The van der Waals surface area contributed by atoms with E-state index in [4.69, 9.17) is 5.14 Å². The van der Waals surface area contributed by atoms with Gasteiger partial charge in [0, 0.05) is 0 Å². The van der Waals surface area contributed by atoms with Crippen molar-refractivity contribution >= 4 is 10.0 Å². The lowest BCUT2D eigenvalue weighted by Gasteiger charge is -2.28. The minimum Gasteiger partial charge on any atom is -0.228 e. The van der Waals surface area contributed by atoms with Crippen LogP contribution in [0.2, 0.25) is 0 Å². The summed E-state index contributed by atoms with van der Waals surface area (Å²) in [7, 11) is -3.35. The van der Waals surface area contributed by atoms with Crippen molar-refractivity contribution in [2.45, 2.75) is 38.4 Å². The Bertz CT molecular complexity index is 257. The van der Waals surface area contributed by atoms with Crippen molar-refractivity contribution in [3.8, 4) is 0 Å². The summed E-state index contributed by atoms with van der Waals surface area (Å²) in [5.41, 5.74) is -0.222. The number of nitrogens with two attached hydrogens (primary N) is 1. The molecule has 1 saturated carbocycles. The normalized spacial score (nSPS) is 23.3. The summed E-state index contributed by atoms with van der Waals surface area (Å²) in [5, 5.41) is 5.13. The van der Waals surface area contributed by atoms with Gasteiger partial charge in [-0.15, -0.1) is 0 Å². The highest BCUT2D eigenvalue weighted by Gasteiger charge is 2.60.